The maximum absolute atomic E-state index is 13.5. The topological polar surface area (TPSA) is 21.3 Å². The summed E-state index contributed by atoms with van der Waals surface area (Å²) in [6.45, 7) is 11.4. The Morgan fingerprint density at radius 1 is 1.25 bits per heavy atom. The fourth-order valence-corrected chi connectivity index (χ4v) is 3.43. The zero-order chi connectivity index (χ0) is 14.9. The Kier molecular flexibility index (Phi) is 4.82. The molecule has 0 radical (unpaired) electrons. The van der Waals surface area contributed by atoms with Crippen molar-refractivity contribution in [3.05, 3.63) is 35.1 Å². The number of aryl methyl sites for hydroxylation is 1. The fourth-order valence-electron chi connectivity index (χ4n) is 3.43. The monoisotopic (exact) mass is 279 g/mol. The summed E-state index contributed by atoms with van der Waals surface area (Å²) in [4.78, 5) is 0. The lowest BCUT2D eigenvalue weighted by Gasteiger charge is -2.30. The molecule has 1 aliphatic heterocycles. The summed E-state index contributed by atoms with van der Waals surface area (Å²) in [7, 11) is 0. The van der Waals surface area contributed by atoms with Gasteiger partial charge >= 0.3 is 0 Å². The Hall–Kier alpha value is -0.930. The van der Waals surface area contributed by atoms with Crippen LogP contribution in [0.15, 0.2) is 18.2 Å². The summed E-state index contributed by atoms with van der Waals surface area (Å²) in [5.74, 6) is 0.760. The van der Waals surface area contributed by atoms with Gasteiger partial charge in [-0.05, 0) is 50.4 Å². The number of ether oxygens (including phenoxy) is 1. The normalized spacial score (nSPS) is 31.5. The Bertz CT molecular complexity index is 462. The fraction of sp³-hybridized carbons (Fsp3) is 0.647. The number of benzene rings is 1. The summed E-state index contributed by atoms with van der Waals surface area (Å²) >= 11 is 0. The maximum Gasteiger partial charge on any atom is 0.126 e. The molecule has 5 atom stereocenters. The molecule has 0 bridgehead atoms. The molecule has 1 saturated heterocycles. The van der Waals surface area contributed by atoms with Crippen LogP contribution in [-0.2, 0) is 4.74 Å². The van der Waals surface area contributed by atoms with Crippen molar-refractivity contribution < 1.29 is 9.13 Å². The van der Waals surface area contributed by atoms with Crippen molar-refractivity contribution in [2.75, 3.05) is 6.54 Å². The van der Waals surface area contributed by atoms with Gasteiger partial charge in [0.25, 0.3) is 0 Å². The average molecular weight is 279 g/mol. The Morgan fingerprint density at radius 3 is 2.45 bits per heavy atom. The standard InChI is InChI=1S/C17H26FNO/c1-6-19-17(14-7-8-15(18)10(2)9-14)16-11(3)12(4)20-13(16)5/h7-9,11-13,16-17,19H,6H2,1-5H3. The van der Waals surface area contributed by atoms with Crippen LogP contribution in [0.4, 0.5) is 4.39 Å². The number of hydrogen-bond acceptors (Lipinski definition) is 2. The molecule has 1 aromatic rings. The number of hydrogen-bond donors (Lipinski definition) is 1. The highest BCUT2D eigenvalue weighted by Gasteiger charge is 2.41. The molecule has 0 aliphatic carbocycles. The van der Waals surface area contributed by atoms with E-state index in [9.17, 15) is 4.39 Å². The molecule has 0 saturated carbocycles. The van der Waals surface area contributed by atoms with Crippen molar-refractivity contribution in [3.8, 4) is 0 Å². The third-order valence-corrected chi connectivity index (χ3v) is 4.67. The lowest BCUT2D eigenvalue weighted by atomic mass is 9.80. The Balaban J connectivity index is 2.33. The van der Waals surface area contributed by atoms with E-state index < -0.39 is 0 Å². The highest BCUT2D eigenvalue weighted by atomic mass is 19.1. The predicted octanol–water partition coefficient (Wildman–Crippen LogP) is 3.84. The molecular weight excluding hydrogens is 253 g/mol. The van der Waals surface area contributed by atoms with E-state index in [4.69, 9.17) is 4.74 Å². The molecule has 1 heterocycles. The second-order valence-electron chi connectivity index (χ2n) is 6.03. The molecule has 1 fully saturated rings. The van der Waals surface area contributed by atoms with Crippen LogP contribution in [0.2, 0.25) is 0 Å². The van der Waals surface area contributed by atoms with Gasteiger partial charge in [0.15, 0.2) is 0 Å². The molecule has 5 unspecified atom stereocenters. The Labute approximate surface area is 121 Å². The first-order valence-electron chi connectivity index (χ1n) is 7.60. The molecule has 2 nitrogen and oxygen atoms in total. The van der Waals surface area contributed by atoms with E-state index in [2.05, 4.69) is 33.0 Å². The van der Waals surface area contributed by atoms with Crippen molar-refractivity contribution in [1.29, 1.82) is 0 Å². The van der Waals surface area contributed by atoms with Crippen molar-refractivity contribution in [3.63, 3.8) is 0 Å². The third-order valence-electron chi connectivity index (χ3n) is 4.67. The second-order valence-corrected chi connectivity index (χ2v) is 6.03. The quantitative estimate of drug-likeness (QED) is 0.904. The third kappa shape index (κ3) is 2.89. The van der Waals surface area contributed by atoms with Crippen LogP contribution in [0.3, 0.4) is 0 Å². The minimum atomic E-state index is -0.138. The van der Waals surface area contributed by atoms with Gasteiger partial charge < -0.3 is 10.1 Å². The molecule has 20 heavy (non-hydrogen) atoms. The van der Waals surface area contributed by atoms with Crippen LogP contribution in [0.1, 0.15) is 44.9 Å². The summed E-state index contributed by atoms with van der Waals surface area (Å²) in [5, 5.41) is 3.57. The Morgan fingerprint density at radius 2 is 1.95 bits per heavy atom. The summed E-state index contributed by atoms with van der Waals surface area (Å²) in [6.07, 6.45) is 0.493. The zero-order valence-electron chi connectivity index (χ0n) is 13.1. The number of rotatable bonds is 4. The molecule has 0 amide bonds. The first-order valence-corrected chi connectivity index (χ1v) is 7.60. The molecule has 2 rings (SSSR count). The van der Waals surface area contributed by atoms with Gasteiger partial charge in [-0.2, -0.15) is 0 Å². The zero-order valence-corrected chi connectivity index (χ0v) is 13.1. The predicted molar refractivity (Wildman–Crippen MR) is 80.2 cm³/mol. The first-order chi connectivity index (χ1) is 9.45. The van der Waals surface area contributed by atoms with Gasteiger partial charge in [0, 0.05) is 12.0 Å². The number of halogens is 1. The van der Waals surface area contributed by atoms with Crippen LogP contribution >= 0.6 is 0 Å². The maximum atomic E-state index is 13.5. The summed E-state index contributed by atoms with van der Waals surface area (Å²) < 4.78 is 19.5. The molecule has 112 valence electrons. The van der Waals surface area contributed by atoms with E-state index in [1.54, 1.807) is 6.07 Å². The van der Waals surface area contributed by atoms with Crippen molar-refractivity contribution in [2.24, 2.45) is 11.8 Å². The molecule has 0 spiro atoms. The molecular formula is C17H26FNO. The summed E-state index contributed by atoms with van der Waals surface area (Å²) in [6, 6.07) is 5.65. The lowest BCUT2D eigenvalue weighted by molar-refractivity contribution is 0.0475. The minimum absolute atomic E-state index is 0.138. The van der Waals surface area contributed by atoms with Crippen molar-refractivity contribution >= 4 is 0 Å². The molecule has 3 heteroatoms. The average Bonchev–Trinajstić information content (AvgIpc) is 2.65. The van der Waals surface area contributed by atoms with Crippen LogP contribution in [0.5, 0.6) is 0 Å². The van der Waals surface area contributed by atoms with Gasteiger partial charge in [0.1, 0.15) is 5.82 Å². The first kappa shape index (κ1) is 15.5. The van der Waals surface area contributed by atoms with Gasteiger partial charge in [-0.25, -0.2) is 4.39 Å². The van der Waals surface area contributed by atoms with Gasteiger partial charge in [0.05, 0.1) is 12.2 Å². The van der Waals surface area contributed by atoms with Gasteiger partial charge in [0.2, 0.25) is 0 Å². The van der Waals surface area contributed by atoms with E-state index in [-0.39, 0.29) is 24.1 Å². The highest BCUT2D eigenvalue weighted by molar-refractivity contribution is 5.27. The van der Waals surface area contributed by atoms with Crippen LogP contribution < -0.4 is 5.32 Å². The minimum Gasteiger partial charge on any atom is -0.375 e. The van der Waals surface area contributed by atoms with Crippen LogP contribution in [0.25, 0.3) is 0 Å². The highest BCUT2D eigenvalue weighted by Crippen LogP contribution is 2.40. The van der Waals surface area contributed by atoms with Crippen LogP contribution in [0, 0.1) is 24.6 Å². The van der Waals surface area contributed by atoms with Gasteiger partial charge in [-0.3, -0.25) is 0 Å². The molecule has 1 aromatic carbocycles. The van der Waals surface area contributed by atoms with Crippen molar-refractivity contribution in [2.45, 2.75) is 52.9 Å². The van der Waals surface area contributed by atoms with E-state index in [1.165, 1.54) is 0 Å². The number of nitrogens with one attached hydrogen (secondary N) is 1. The molecule has 0 aromatic heterocycles. The smallest absolute Gasteiger partial charge is 0.126 e. The SMILES string of the molecule is CCNC(c1ccc(F)c(C)c1)C1C(C)OC(C)C1C. The van der Waals surface area contributed by atoms with E-state index in [0.29, 0.717) is 17.4 Å². The van der Waals surface area contributed by atoms with Crippen LogP contribution in [-0.4, -0.2) is 18.8 Å². The lowest BCUT2D eigenvalue weighted by Crippen LogP contribution is -2.35. The van der Waals surface area contributed by atoms with E-state index in [0.717, 1.165) is 12.1 Å². The van der Waals surface area contributed by atoms with E-state index in [1.807, 2.05) is 19.1 Å². The van der Waals surface area contributed by atoms with Gasteiger partial charge in [-0.15, -0.1) is 0 Å². The van der Waals surface area contributed by atoms with Crippen molar-refractivity contribution in [1.82, 2.24) is 5.32 Å². The second kappa shape index (κ2) is 6.23. The largest absolute Gasteiger partial charge is 0.375 e. The molecule has 1 aliphatic rings. The summed E-state index contributed by atoms with van der Waals surface area (Å²) in [5.41, 5.74) is 1.87. The molecule has 1 N–H and O–H groups in total. The van der Waals surface area contributed by atoms with E-state index >= 15 is 0 Å². The van der Waals surface area contributed by atoms with Gasteiger partial charge in [-0.1, -0.05) is 26.0 Å².